The number of hydrogen-bond donors (Lipinski definition) is 0. The van der Waals surface area contributed by atoms with E-state index in [0.29, 0.717) is 0 Å². The molecule has 3 radical (unpaired) electrons. The van der Waals surface area contributed by atoms with Gasteiger partial charge >= 0.3 is 175 Å². The molecule has 0 aromatic rings. The topological polar surface area (TPSA) is 18.5 Å². The second-order valence-corrected chi connectivity index (χ2v) is 37.4. The molecule has 149 valence electrons. The van der Waals surface area contributed by atoms with Gasteiger partial charge in [-0.2, -0.15) is 0 Å². The van der Waals surface area contributed by atoms with Gasteiger partial charge in [0.15, 0.2) is 0 Å². The summed E-state index contributed by atoms with van der Waals surface area (Å²) >= 11 is -5.71. The second kappa shape index (κ2) is 8.50. The van der Waals surface area contributed by atoms with E-state index in [2.05, 4.69) is 104 Å². The first-order valence-corrected chi connectivity index (χ1v) is 18.2. The summed E-state index contributed by atoms with van der Waals surface area (Å²) in [6.45, 7) is 35.5. The van der Waals surface area contributed by atoms with Crippen molar-refractivity contribution < 1.29 is 5.58 Å². The van der Waals surface area contributed by atoms with Crippen LogP contribution < -0.4 is 0 Å². The summed E-state index contributed by atoms with van der Waals surface area (Å²) in [5, 5.41) is 0. The molecule has 0 spiro atoms. The average Bonchev–Trinajstić information content (AvgIpc) is 2.18. The number of rotatable bonds is 4. The molecule has 0 amide bonds. The van der Waals surface area contributed by atoms with E-state index in [1.54, 1.807) is 0 Å². The van der Waals surface area contributed by atoms with Crippen molar-refractivity contribution in [1.29, 1.82) is 0 Å². The fourth-order valence-electron chi connectivity index (χ4n) is 3.37. The normalized spacial score (nSPS) is 15.6. The Morgan fingerprint density at radius 1 is 0.360 bits per heavy atom. The van der Waals surface area contributed by atoms with Crippen LogP contribution in [-0.2, 0) is 5.58 Å². The predicted octanol–water partition coefficient (Wildman–Crippen LogP) is 7.49. The van der Waals surface area contributed by atoms with Crippen LogP contribution in [0.5, 0.6) is 0 Å². The van der Waals surface area contributed by atoms with Crippen molar-refractivity contribution in [2.45, 2.75) is 125 Å². The van der Waals surface area contributed by atoms with E-state index >= 15 is 0 Å². The molecule has 0 saturated heterocycles. The summed E-state index contributed by atoms with van der Waals surface area (Å²) in [7, 11) is 0. The van der Waals surface area contributed by atoms with Crippen LogP contribution in [0.4, 0.5) is 0 Å². The van der Waals surface area contributed by atoms with E-state index in [9.17, 15) is 0 Å². The molecule has 5 heteroatoms. The van der Waals surface area contributed by atoms with Crippen LogP contribution in [-0.4, -0.2) is 44.4 Å². The van der Waals surface area contributed by atoms with Crippen LogP contribution in [0.1, 0.15) is 104 Å². The standard InChI is InChI=1S/C20H45Ge3O2/c1-16(2,3)21(17(4,5)6)24-23(20(13,14)15)25-22(18(7,8)9)19(10,11)12/h1-15H3. The van der Waals surface area contributed by atoms with E-state index in [-0.39, 0.29) is 21.2 Å². The summed E-state index contributed by atoms with van der Waals surface area (Å²) in [4.78, 5) is 0. The van der Waals surface area contributed by atoms with Gasteiger partial charge < -0.3 is 0 Å². The molecular formula is C20H45Ge3O2. The minimum absolute atomic E-state index is 0.156. The van der Waals surface area contributed by atoms with Gasteiger partial charge in [-0.15, -0.1) is 0 Å². The average molecular weight is 535 g/mol. The Labute approximate surface area is 174 Å². The van der Waals surface area contributed by atoms with Gasteiger partial charge in [0.25, 0.3) is 0 Å². The molecule has 0 bridgehead atoms. The van der Waals surface area contributed by atoms with Crippen molar-refractivity contribution in [3.05, 3.63) is 0 Å². The first-order valence-electron chi connectivity index (χ1n) is 9.57. The Morgan fingerprint density at radius 2 is 0.560 bits per heavy atom. The van der Waals surface area contributed by atoms with Gasteiger partial charge in [0, 0.05) is 0 Å². The van der Waals surface area contributed by atoms with Crippen molar-refractivity contribution >= 4 is 44.4 Å². The molecule has 2 nitrogen and oxygen atoms in total. The Bertz CT molecular complexity index is 353. The van der Waals surface area contributed by atoms with Gasteiger partial charge in [-0.3, -0.25) is 0 Å². The van der Waals surface area contributed by atoms with Gasteiger partial charge in [0.05, 0.1) is 0 Å². The van der Waals surface area contributed by atoms with Gasteiger partial charge in [0.2, 0.25) is 0 Å². The van der Waals surface area contributed by atoms with E-state index < -0.39 is 44.4 Å². The maximum atomic E-state index is 7.12. The Hall–Kier alpha value is 1.55. The minimum atomic E-state index is -2.13. The summed E-state index contributed by atoms with van der Waals surface area (Å²) in [5.41, 5.74) is 0. The quantitative estimate of drug-likeness (QED) is 0.348. The van der Waals surface area contributed by atoms with Crippen molar-refractivity contribution in [2.75, 3.05) is 0 Å². The third-order valence-corrected chi connectivity index (χ3v) is 27.9. The molecule has 0 rings (SSSR count). The molecular weight excluding hydrogens is 490 g/mol. The van der Waals surface area contributed by atoms with Crippen LogP contribution in [0, 0.1) is 0 Å². The zero-order valence-corrected chi connectivity index (χ0v) is 26.1. The molecule has 0 aromatic carbocycles. The molecule has 0 aliphatic rings. The van der Waals surface area contributed by atoms with Gasteiger partial charge in [-0.1, -0.05) is 0 Å². The van der Waals surface area contributed by atoms with Gasteiger partial charge in [0.1, 0.15) is 0 Å². The fourth-order valence-corrected chi connectivity index (χ4v) is 44.4. The summed E-state index contributed by atoms with van der Waals surface area (Å²) in [6, 6.07) is 0. The number of hydrogen-bond acceptors (Lipinski definition) is 2. The zero-order chi connectivity index (χ0) is 20.6. The Balaban J connectivity index is 5.82. The van der Waals surface area contributed by atoms with Crippen molar-refractivity contribution in [2.24, 2.45) is 0 Å². The molecule has 0 aromatic heterocycles. The van der Waals surface area contributed by atoms with Crippen molar-refractivity contribution in [3.63, 3.8) is 0 Å². The molecule has 0 fully saturated rings. The van der Waals surface area contributed by atoms with Crippen molar-refractivity contribution in [1.82, 2.24) is 0 Å². The first-order chi connectivity index (χ1) is 10.6. The molecule has 25 heavy (non-hydrogen) atoms. The molecule has 0 heterocycles. The first kappa shape index (κ1) is 26.5. The third kappa shape index (κ3) is 9.06. The third-order valence-electron chi connectivity index (χ3n) is 3.73. The van der Waals surface area contributed by atoms with E-state index in [4.69, 9.17) is 5.58 Å². The summed E-state index contributed by atoms with van der Waals surface area (Å²) in [6.07, 6.45) is 0. The molecule has 0 aliphatic carbocycles. The summed E-state index contributed by atoms with van der Waals surface area (Å²) in [5.74, 6) is 0. The van der Waals surface area contributed by atoms with Gasteiger partial charge in [-0.05, 0) is 0 Å². The molecule has 0 aliphatic heterocycles. The molecule has 0 unspecified atom stereocenters. The van der Waals surface area contributed by atoms with Crippen LogP contribution in [0.2, 0.25) is 21.2 Å². The van der Waals surface area contributed by atoms with E-state index in [1.165, 1.54) is 0 Å². The van der Waals surface area contributed by atoms with Gasteiger partial charge in [-0.25, -0.2) is 0 Å². The second-order valence-electron chi connectivity index (χ2n) is 12.4. The van der Waals surface area contributed by atoms with E-state index in [0.717, 1.165) is 0 Å². The van der Waals surface area contributed by atoms with E-state index in [1.807, 2.05) is 0 Å². The maximum absolute atomic E-state index is 7.12. The summed E-state index contributed by atoms with van der Waals surface area (Å²) < 4.78 is 15.5. The van der Waals surface area contributed by atoms with Crippen LogP contribution in [0.25, 0.3) is 0 Å². The SMILES string of the molecule is C[C](C)(C)[Ge]([O][Ge]([C](C)(C)C)[C](C)(C)C)[O][Ge]([C](C)(C)C)[C](C)(C)C. The van der Waals surface area contributed by atoms with Crippen molar-refractivity contribution in [3.8, 4) is 0 Å². The molecule has 0 saturated carbocycles. The molecule has 0 N–H and O–H groups in total. The fraction of sp³-hybridized carbons (Fsp3) is 1.00. The Morgan fingerprint density at radius 3 is 0.680 bits per heavy atom. The predicted molar refractivity (Wildman–Crippen MR) is 118 cm³/mol. The molecule has 0 atom stereocenters. The monoisotopic (exact) mass is 539 g/mol. The van der Waals surface area contributed by atoms with Crippen LogP contribution in [0.3, 0.4) is 0 Å². The van der Waals surface area contributed by atoms with Crippen LogP contribution in [0.15, 0.2) is 0 Å². The Kier molecular flexibility index (Phi) is 9.03. The zero-order valence-electron chi connectivity index (χ0n) is 19.8. The van der Waals surface area contributed by atoms with Crippen LogP contribution >= 0.6 is 0 Å².